The first-order valence-corrected chi connectivity index (χ1v) is 9.33. The number of aromatic nitrogens is 2. The molecule has 0 spiro atoms. The minimum atomic E-state index is -0.301. The number of halogens is 2. The van der Waals surface area contributed by atoms with Crippen LogP contribution < -0.4 is 5.32 Å². The highest BCUT2D eigenvalue weighted by Gasteiger charge is 2.14. The first kappa shape index (κ1) is 18.3. The highest BCUT2D eigenvalue weighted by Crippen LogP contribution is 2.29. The standard InChI is InChI=1S/C22H15Cl2N3O/c23-16-10-11-19(20(24)12-16)22(28)26-21-9-5-4-8-18(21)15-13-25-27(14-15)17-6-2-1-3-7-17/h1-14H,(H,26,28). The number of rotatable bonds is 4. The SMILES string of the molecule is O=C(Nc1ccccc1-c1cnn(-c2ccccc2)c1)c1ccc(Cl)cc1Cl. The summed E-state index contributed by atoms with van der Waals surface area (Å²) in [6.07, 6.45) is 3.70. The number of nitrogens with zero attached hydrogens (tertiary/aromatic N) is 2. The molecule has 0 aliphatic heterocycles. The van der Waals surface area contributed by atoms with Crippen molar-refractivity contribution in [3.8, 4) is 16.8 Å². The number of benzene rings is 3. The van der Waals surface area contributed by atoms with Crippen molar-refractivity contribution in [2.45, 2.75) is 0 Å². The number of anilines is 1. The average Bonchev–Trinajstić information content (AvgIpc) is 3.19. The van der Waals surface area contributed by atoms with Crippen molar-refractivity contribution in [1.29, 1.82) is 0 Å². The van der Waals surface area contributed by atoms with Crippen LogP contribution in [-0.2, 0) is 0 Å². The molecule has 3 aromatic carbocycles. The van der Waals surface area contributed by atoms with E-state index in [1.54, 1.807) is 29.1 Å². The van der Waals surface area contributed by atoms with Crippen molar-refractivity contribution < 1.29 is 4.79 Å². The second kappa shape index (κ2) is 7.89. The molecule has 0 aliphatic carbocycles. The van der Waals surface area contributed by atoms with Gasteiger partial charge in [0.05, 0.1) is 22.5 Å². The molecular weight excluding hydrogens is 393 g/mol. The van der Waals surface area contributed by atoms with Crippen molar-refractivity contribution in [3.63, 3.8) is 0 Å². The van der Waals surface area contributed by atoms with Crippen LogP contribution in [0.3, 0.4) is 0 Å². The van der Waals surface area contributed by atoms with Gasteiger partial charge in [0.1, 0.15) is 0 Å². The van der Waals surface area contributed by atoms with Crippen LogP contribution in [0.2, 0.25) is 10.0 Å². The number of hydrogen-bond donors (Lipinski definition) is 1. The van der Waals surface area contributed by atoms with Crippen LogP contribution in [0.25, 0.3) is 16.8 Å². The van der Waals surface area contributed by atoms with E-state index in [4.69, 9.17) is 23.2 Å². The van der Waals surface area contributed by atoms with E-state index in [0.29, 0.717) is 21.3 Å². The van der Waals surface area contributed by atoms with Crippen molar-refractivity contribution >= 4 is 34.8 Å². The molecule has 0 saturated heterocycles. The third kappa shape index (κ3) is 3.79. The molecule has 0 fully saturated rings. The Morgan fingerprint density at radius 3 is 2.46 bits per heavy atom. The van der Waals surface area contributed by atoms with Gasteiger partial charge in [0.25, 0.3) is 5.91 Å². The second-order valence-electron chi connectivity index (χ2n) is 6.13. The number of amides is 1. The first-order valence-electron chi connectivity index (χ1n) is 8.58. The summed E-state index contributed by atoms with van der Waals surface area (Å²) in [5.74, 6) is -0.301. The molecule has 28 heavy (non-hydrogen) atoms. The van der Waals surface area contributed by atoms with Crippen LogP contribution in [0.1, 0.15) is 10.4 Å². The Morgan fingerprint density at radius 2 is 1.68 bits per heavy atom. The maximum absolute atomic E-state index is 12.7. The topological polar surface area (TPSA) is 46.9 Å². The normalized spacial score (nSPS) is 10.6. The summed E-state index contributed by atoms with van der Waals surface area (Å²) < 4.78 is 1.80. The van der Waals surface area contributed by atoms with Gasteiger partial charge in [-0.15, -0.1) is 0 Å². The molecule has 1 N–H and O–H groups in total. The Labute approximate surface area is 172 Å². The zero-order valence-corrected chi connectivity index (χ0v) is 16.2. The summed E-state index contributed by atoms with van der Waals surface area (Å²) in [6, 6.07) is 22.2. The van der Waals surface area contributed by atoms with Gasteiger partial charge in [0.15, 0.2) is 0 Å². The summed E-state index contributed by atoms with van der Waals surface area (Å²) in [7, 11) is 0. The van der Waals surface area contributed by atoms with Gasteiger partial charge in [0, 0.05) is 28.0 Å². The van der Waals surface area contributed by atoms with Crippen LogP contribution in [-0.4, -0.2) is 15.7 Å². The molecule has 1 amide bonds. The summed E-state index contributed by atoms with van der Waals surface area (Å²) in [5, 5.41) is 8.15. The predicted molar refractivity (Wildman–Crippen MR) is 113 cm³/mol. The average molecular weight is 408 g/mol. The zero-order valence-electron chi connectivity index (χ0n) is 14.6. The molecule has 0 bridgehead atoms. The summed E-state index contributed by atoms with van der Waals surface area (Å²) in [4.78, 5) is 12.7. The van der Waals surface area contributed by atoms with E-state index in [-0.39, 0.29) is 5.91 Å². The molecule has 0 atom stereocenters. The largest absolute Gasteiger partial charge is 0.321 e. The molecule has 0 saturated carbocycles. The highest BCUT2D eigenvalue weighted by atomic mass is 35.5. The van der Waals surface area contributed by atoms with E-state index in [2.05, 4.69) is 10.4 Å². The molecule has 0 radical (unpaired) electrons. The van der Waals surface area contributed by atoms with Gasteiger partial charge >= 0.3 is 0 Å². The molecule has 0 unspecified atom stereocenters. The monoisotopic (exact) mass is 407 g/mol. The summed E-state index contributed by atoms with van der Waals surface area (Å²) in [6.45, 7) is 0. The van der Waals surface area contributed by atoms with E-state index >= 15 is 0 Å². The van der Waals surface area contributed by atoms with Crippen LogP contribution in [0.5, 0.6) is 0 Å². The van der Waals surface area contributed by atoms with Gasteiger partial charge in [-0.2, -0.15) is 5.10 Å². The minimum Gasteiger partial charge on any atom is -0.321 e. The van der Waals surface area contributed by atoms with Crippen molar-refractivity contribution in [3.05, 3.63) is 101 Å². The lowest BCUT2D eigenvalue weighted by molar-refractivity contribution is 0.102. The molecule has 6 heteroatoms. The first-order chi connectivity index (χ1) is 13.6. The van der Waals surface area contributed by atoms with E-state index in [9.17, 15) is 4.79 Å². The van der Waals surface area contributed by atoms with E-state index in [0.717, 1.165) is 16.8 Å². The highest BCUT2D eigenvalue weighted by molar-refractivity contribution is 6.37. The van der Waals surface area contributed by atoms with Gasteiger partial charge in [-0.05, 0) is 36.4 Å². The third-order valence-electron chi connectivity index (χ3n) is 4.27. The van der Waals surface area contributed by atoms with Crippen LogP contribution in [0, 0.1) is 0 Å². The molecule has 4 nitrogen and oxygen atoms in total. The second-order valence-corrected chi connectivity index (χ2v) is 6.98. The van der Waals surface area contributed by atoms with Crippen LogP contribution in [0.4, 0.5) is 5.69 Å². The van der Waals surface area contributed by atoms with E-state index in [1.165, 1.54) is 0 Å². The molecule has 4 aromatic rings. The van der Waals surface area contributed by atoms with Gasteiger partial charge in [-0.1, -0.05) is 59.6 Å². The summed E-state index contributed by atoms with van der Waals surface area (Å²) >= 11 is 12.1. The number of nitrogens with one attached hydrogen (secondary N) is 1. The lowest BCUT2D eigenvalue weighted by atomic mass is 10.1. The van der Waals surface area contributed by atoms with Gasteiger partial charge in [-0.25, -0.2) is 4.68 Å². The lowest BCUT2D eigenvalue weighted by Crippen LogP contribution is -2.13. The Kier molecular flexibility index (Phi) is 5.15. The molecule has 1 heterocycles. The lowest BCUT2D eigenvalue weighted by Gasteiger charge is -2.11. The molecule has 138 valence electrons. The zero-order chi connectivity index (χ0) is 19.5. The number of para-hydroxylation sites is 2. The van der Waals surface area contributed by atoms with Gasteiger partial charge in [0.2, 0.25) is 0 Å². The Bertz CT molecular complexity index is 1140. The molecule has 4 rings (SSSR count). The maximum atomic E-state index is 12.7. The Hall–Kier alpha value is -3.08. The fourth-order valence-corrected chi connectivity index (χ4v) is 3.39. The number of carbonyl (C=O) groups excluding carboxylic acids is 1. The van der Waals surface area contributed by atoms with Gasteiger partial charge < -0.3 is 5.32 Å². The fourth-order valence-electron chi connectivity index (χ4n) is 2.89. The molecular formula is C22H15Cl2N3O. The Balaban J connectivity index is 1.64. The summed E-state index contributed by atoms with van der Waals surface area (Å²) in [5.41, 5.74) is 3.75. The van der Waals surface area contributed by atoms with Crippen LogP contribution in [0.15, 0.2) is 85.2 Å². The smallest absolute Gasteiger partial charge is 0.257 e. The maximum Gasteiger partial charge on any atom is 0.257 e. The predicted octanol–water partition coefficient (Wildman–Crippen LogP) is 6.10. The quantitative estimate of drug-likeness (QED) is 0.444. The van der Waals surface area contributed by atoms with Crippen molar-refractivity contribution in [2.24, 2.45) is 0 Å². The minimum absolute atomic E-state index is 0.301. The van der Waals surface area contributed by atoms with Gasteiger partial charge in [-0.3, -0.25) is 4.79 Å². The fraction of sp³-hybridized carbons (Fsp3) is 0. The number of hydrogen-bond acceptors (Lipinski definition) is 2. The third-order valence-corrected chi connectivity index (χ3v) is 4.81. The van der Waals surface area contributed by atoms with E-state index < -0.39 is 0 Å². The van der Waals surface area contributed by atoms with Crippen LogP contribution >= 0.6 is 23.2 Å². The van der Waals surface area contributed by atoms with E-state index in [1.807, 2.05) is 60.8 Å². The molecule has 0 aliphatic rings. The van der Waals surface area contributed by atoms with Crippen molar-refractivity contribution in [1.82, 2.24) is 9.78 Å². The number of carbonyl (C=O) groups is 1. The Morgan fingerprint density at radius 1 is 0.929 bits per heavy atom. The van der Waals surface area contributed by atoms with Crippen molar-refractivity contribution in [2.75, 3.05) is 5.32 Å². The molecule has 1 aromatic heterocycles.